The summed E-state index contributed by atoms with van der Waals surface area (Å²) in [5.41, 5.74) is 1.21. The van der Waals surface area contributed by atoms with E-state index in [0.717, 1.165) is 6.42 Å². The van der Waals surface area contributed by atoms with Crippen molar-refractivity contribution in [3.05, 3.63) is 35.9 Å². The molecule has 0 bridgehead atoms. The molecule has 0 saturated carbocycles. The third-order valence-corrected chi connectivity index (χ3v) is 3.08. The molecule has 1 N–H and O–H groups in total. The Kier molecular flexibility index (Phi) is 2.73. The minimum Gasteiger partial charge on any atom is -0.481 e. The van der Waals surface area contributed by atoms with Gasteiger partial charge in [-0.15, -0.1) is 0 Å². The Morgan fingerprint density at radius 2 is 2.07 bits per heavy atom. The van der Waals surface area contributed by atoms with Crippen LogP contribution < -0.4 is 0 Å². The quantitative estimate of drug-likeness (QED) is 0.799. The minimum absolute atomic E-state index is 0.222. The molecule has 1 aliphatic rings. The van der Waals surface area contributed by atoms with Crippen LogP contribution in [0.4, 0.5) is 0 Å². The molecule has 3 nitrogen and oxygen atoms in total. The zero-order valence-electron chi connectivity index (χ0n) is 8.76. The summed E-state index contributed by atoms with van der Waals surface area (Å²) in [6.07, 6.45) is 0.718. The fraction of sp³-hybridized carbons (Fsp3) is 0.417. The van der Waals surface area contributed by atoms with Crippen LogP contribution in [0.2, 0.25) is 0 Å². The molecule has 1 heterocycles. The van der Waals surface area contributed by atoms with Gasteiger partial charge in [0.2, 0.25) is 0 Å². The molecule has 1 aliphatic heterocycles. The van der Waals surface area contributed by atoms with Crippen LogP contribution in [0.5, 0.6) is 0 Å². The molecule has 3 heteroatoms. The monoisotopic (exact) mass is 205 g/mol. The molecule has 15 heavy (non-hydrogen) atoms. The number of hydrogen-bond donors (Lipinski definition) is 1. The van der Waals surface area contributed by atoms with Gasteiger partial charge in [-0.1, -0.05) is 30.3 Å². The summed E-state index contributed by atoms with van der Waals surface area (Å²) in [7, 11) is 1.99. The number of aliphatic carboxylic acids is 1. The summed E-state index contributed by atoms with van der Waals surface area (Å²) in [6, 6.07) is 10.4. The molecule has 0 amide bonds. The summed E-state index contributed by atoms with van der Waals surface area (Å²) >= 11 is 0. The van der Waals surface area contributed by atoms with Crippen molar-refractivity contribution in [2.75, 3.05) is 13.6 Å². The number of likely N-dealkylation sites (tertiary alicyclic amines) is 1. The van der Waals surface area contributed by atoms with E-state index in [1.54, 1.807) is 0 Å². The third-order valence-electron chi connectivity index (χ3n) is 3.08. The van der Waals surface area contributed by atoms with Gasteiger partial charge in [0, 0.05) is 12.6 Å². The van der Waals surface area contributed by atoms with E-state index in [2.05, 4.69) is 17.0 Å². The van der Waals surface area contributed by atoms with Gasteiger partial charge in [0.25, 0.3) is 0 Å². The summed E-state index contributed by atoms with van der Waals surface area (Å²) in [5, 5.41) is 8.97. The smallest absolute Gasteiger partial charge is 0.307 e. The van der Waals surface area contributed by atoms with Crippen molar-refractivity contribution in [2.24, 2.45) is 5.92 Å². The van der Waals surface area contributed by atoms with E-state index in [0.29, 0.717) is 6.54 Å². The van der Waals surface area contributed by atoms with E-state index in [1.165, 1.54) is 5.56 Å². The molecule has 1 saturated heterocycles. The second-order valence-corrected chi connectivity index (χ2v) is 4.14. The summed E-state index contributed by atoms with van der Waals surface area (Å²) in [4.78, 5) is 13.0. The highest BCUT2D eigenvalue weighted by Crippen LogP contribution is 2.33. The van der Waals surface area contributed by atoms with E-state index in [9.17, 15) is 4.79 Å². The van der Waals surface area contributed by atoms with Gasteiger partial charge in [0.1, 0.15) is 0 Å². The van der Waals surface area contributed by atoms with Crippen LogP contribution >= 0.6 is 0 Å². The van der Waals surface area contributed by atoms with Gasteiger partial charge in [0.15, 0.2) is 0 Å². The number of hydrogen-bond acceptors (Lipinski definition) is 2. The van der Waals surface area contributed by atoms with Crippen molar-refractivity contribution in [3.8, 4) is 0 Å². The Hall–Kier alpha value is -1.35. The first kappa shape index (κ1) is 10.2. The zero-order chi connectivity index (χ0) is 10.8. The van der Waals surface area contributed by atoms with Crippen LogP contribution in [0.25, 0.3) is 0 Å². The molecule has 2 atom stereocenters. The summed E-state index contributed by atoms with van der Waals surface area (Å²) < 4.78 is 0. The molecule has 1 aromatic rings. The standard InChI is InChI=1S/C12H15NO2/c1-13-8-10(12(14)15)7-11(13)9-5-3-2-4-6-9/h2-6,10-11H,7-8H2,1H3,(H,14,15). The first-order chi connectivity index (χ1) is 7.18. The maximum Gasteiger partial charge on any atom is 0.307 e. The number of carboxylic acids is 1. The Balaban J connectivity index is 2.15. The number of nitrogens with zero attached hydrogens (tertiary/aromatic N) is 1. The van der Waals surface area contributed by atoms with Gasteiger partial charge in [0.05, 0.1) is 5.92 Å². The van der Waals surface area contributed by atoms with Crippen molar-refractivity contribution in [2.45, 2.75) is 12.5 Å². The lowest BCUT2D eigenvalue weighted by atomic mass is 10.0. The SMILES string of the molecule is CN1CC(C(=O)O)CC1c1ccccc1. The Morgan fingerprint density at radius 3 is 2.60 bits per heavy atom. The second kappa shape index (κ2) is 4.03. The Labute approximate surface area is 89.3 Å². The van der Waals surface area contributed by atoms with E-state index >= 15 is 0 Å². The maximum absolute atomic E-state index is 10.9. The van der Waals surface area contributed by atoms with Crippen LogP contribution in [0, 0.1) is 5.92 Å². The maximum atomic E-state index is 10.9. The van der Waals surface area contributed by atoms with Crippen molar-refractivity contribution in [1.29, 1.82) is 0 Å². The lowest BCUT2D eigenvalue weighted by Gasteiger charge is -2.19. The van der Waals surface area contributed by atoms with E-state index in [4.69, 9.17) is 5.11 Å². The normalized spacial score (nSPS) is 26.7. The van der Waals surface area contributed by atoms with Crippen LogP contribution in [0.15, 0.2) is 30.3 Å². The molecule has 80 valence electrons. The number of carboxylic acid groups (broad SMARTS) is 1. The fourth-order valence-corrected chi connectivity index (χ4v) is 2.24. The van der Waals surface area contributed by atoms with E-state index in [1.807, 2.05) is 25.2 Å². The van der Waals surface area contributed by atoms with Crippen LogP contribution in [-0.2, 0) is 4.79 Å². The lowest BCUT2D eigenvalue weighted by Crippen LogP contribution is -2.20. The van der Waals surface area contributed by atoms with Crippen LogP contribution in [0.3, 0.4) is 0 Å². The molecular formula is C12H15NO2. The first-order valence-corrected chi connectivity index (χ1v) is 5.16. The van der Waals surface area contributed by atoms with Gasteiger partial charge in [-0.3, -0.25) is 9.69 Å². The average molecular weight is 205 g/mol. The zero-order valence-corrected chi connectivity index (χ0v) is 8.76. The molecule has 1 aromatic carbocycles. The molecule has 0 aromatic heterocycles. The summed E-state index contributed by atoms with van der Waals surface area (Å²) in [5.74, 6) is -0.902. The fourth-order valence-electron chi connectivity index (χ4n) is 2.24. The van der Waals surface area contributed by atoms with Gasteiger partial charge >= 0.3 is 5.97 Å². The van der Waals surface area contributed by atoms with Crippen molar-refractivity contribution < 1.29 is 9.90 Å². The third kappa shape index (κ3) is 2.02. The average Bonchev–Trinajstić information content (AvgIpc) is 2.62. The van der Waals surface area contributed by atoms with Gasteiger partial charge in [-0.05, 0) is 19.0 Å². The lowest BCUT2D eigenvalue weighted by molar-refractivity contribution is -0.141. The van der Waals surface area contributed by atoms with Crippen LogP contribution in [-0.4, -0.2) is 29.6 Å². The molecule has 0 aliphatic carbocycles. The molecule has 2 rings (SSSR count). The first-order valence-electron chi connectivity index (χ1n) is 5.16. The molecule has 2 unspecified atom stereocenters. The number of benzene rings is 1. The Morgan fingerprint density at radius 1 is 1.40 bits per heavy atom. The predicted molar refractivity (Wildman–Crippen MR) is 57.6 cm³/mol. The van der Waals surface area contributed by atoms with Crippen LogP contribution in [0.1, 0.15) is 18.0 Å². The molecule has 1 fully saturated rings. The van der Waals surface area contributed by atoms with Crippen molar-refractivity contribution in [3.63, 3.8) is 0 Å². The number of rotatable bonds is 2. The van der Waals surface area contributed by atoms with E-state index < -0.39 is 5.97 Å². The molecule has 0 radical (unpaired) electrons. The predicted octanol–water partition coefficient (Wildman–Crippen LogP) is 1.76. The Bertz CT molecular complexity index is 350. The van der Waals surface area contributed by atoms with E-state index in [-0.39, 0.29) is 12.0 Å². The second-order valence-electron chi connectivity index (χ2n) is 4.14. The van der Waals surface area contributed by atoms with Crippen molar-refractivity contribution >= 4 is 5.97 Å². The largest absolute Gasteiger partial charge is 0.481 e. The highest BCUT2D eigenvalue weighted by atomic mass is 16.4. The van der Waals surface area contributed by atoms with Gasteiger partial charge < -0.3 is 5.11 Å². The highest BCUT2D eigenvalue weighted by Gasteiger charge is 2.34. The topological polar surface area (TPSA) is 40.5 Å². The highest BCUT2D eigenvalue weighted by molar-refractivity contribution is 5.70. The summed E-state index contributed by atoms with van der Waals surface area (Å²) in [6.45, 7) is 0.648. The number of carbonyl (C=O) groups is 1. The van der Waals surface area contributed by atoms with Crippen molar-refractivity contribution in [1.82, 2.24) is 4.90 Å². The minimum atomic E-state index is -0.680. The molecular weight excluding hydrogens is 190 g/mol. The van der Waals surface area contributed by atoms with Gasteiger partial charge in [-0.2, -0.15) is 0 Å². The molecule has 0 spiro atoms. The van der Waals surface area contributed by atoms with Gasteiger partial charge in [-0.25, -0.2) is 0 Å².